The second-order valence-electron chi connectivity index (χ2n) is 10.6. The molecule has 1 saturated carbocycles. The SMILES string of the molecule is CCC(C)(C)NS(=O)(=O)c1ccc(-c2sc(C(=O)NCC(C)(C)O)nc2CC2CCC2)c(C)c1. The summed E-state index contributed by atoms with van der Waals surface area (Å²) in [4.78, 5) is 18.5. The first kappa shape index (κ1) is 26.8. The number of thiazole rings is 1. The number of carbonyl (C=O) groups is 1. The van der Waals surface area contributed by atoms with Gasteiger partial charge in [-0.1, -0.05) is 32.3 Å². The molecular weight excluding hydrogens is 470 g/mol. The van der Waals surface area contributed by atoms with Crippen molar-refractivity contribution >= 4 is 27.3 Å². The standard InChI is InChI=1S/C25H37N3O4S2/c1-7-24(3,4)28-34(31,32)18-11-12-19(16(2)13-18)21-20(14-17-9-8-10-17)27-23(33-21)22(29)26-15-25(5,6)30/h11-13,17,28,30H,7-10,14-15H2,1-6H3,(H,26,29). The number of nitrogens with one attached hydrogen (secondary N) is 2. The summed E-state index contributed by atoms with van der Waals surface area (Å²) < 4.78 is 28.6. The summed E-state index contributed by atoms with van der Waals surface area (Å²) in [6, 6.07) is 5.13. The molecule has 0 radical (unpaired) electrons. The van der Waals surface area contributed by atoms with Crippen molar-refractivity contribution in [3.63, 3.8) is 0 Å². The summed E-state index contributed by atoms with van der Waals surface area (Å²) in [6.07, 6.45) is 5.01. The van der Waals surface area contributed by atoms with Gasteiger partial charge < -0.3 is 10.4 Å². The summed E-state index contributed by atoms with van der Waals surface area (Å²) in [5, 5.41) is 13.1. The van der Waals surface area contributed by atoms with Gasteiger partial charge >= 0.3 is 0 Å². The van der Waals surface area contributed by atoms with E-state index >= 15 is 0 Å². The lowest BCUT2D eigenvalue weighted by molar-refractivity contribution is 0.0694. The monoisotopic (exact) mass is 507 g/mol. The fourth-order valence-corrected chi connectivity index (χ4v) is 6.36. The van der Waals surface area contributed by atoms with Gasteiger partial charge in [0.25, 0.3) is 5.91 Å². The zero-order valence-corrected chi connectivity index (χ0v) is 22.6. The number of nitrogens with zero attached hydrogens (tertiary/aromatic N) is 1. The normalized spacial score (nSPS) is 15.3. The number of carbonyl (C=O) groups excluding carboxylic acids is 1. The zero-order valence-electron chi connectivity index (χ0n) is 21.0. The van der Waals surface area contributed by atoms with Crippen LogP contribution in [0.4, 0.5) is 0 Å². The van der Waals surface area contributed by atoms with Gasteiger partial charge in [0.1, 0.15) is 0 Å². The molecule has 2 aromatic rings. The summed E-state index contributed by atoms with van der Waals surface area (Å²) in [5.74, 6) is 0.254. The molecule has 1 aliphatic carbocycles. The summed E-state index contributed by atoms with van der Waals surface area (Å²) in [7, 11) is -3.66. The smallest absolute Gasteiger partial charge is 0.280 e. The Balaban J connectivity index is 1.94. The van der Waals surface area contributed by atoms with Crippen molar-refractivity contribution in [3.05, 3.63) is 34.5 Å². The Hall–Kier alpha value is -1.81. The highest BCUT2D eigenvalue weighted by Crippen LogP contribution is 2.38. The number of aryl methyl sites for hydroxylation is 1. The van der Waals surface area contributed by atoms with E-state index in [4.69, 9.17) is 0 Å². The Bertz CT molecular complexity index is 1140. The Morgan fingerprint density at radius 1 is 1.24 bits per heavy atom. The maximum atomic E-state index is 12.9. The van der Waals surface area contributed by atoms with Crippen molar-refractivity contribution in [3.8, 4) is 10.4 Å². The molecule has 0 bridgehead atoms. The van der Waals surface area contributed by atoms with Gasteiger partial charge in [0.05, 0.1) is 21.1 Å². The van der Waals surface area contributed by atoms with E-state index in [0.717, 1.165) is 41.0 Å². The topological polar surface area (TPSA) is 108 Å². The minimum absolute atomic E-state index is 0.130. The second kappa shape index (κ2) is 10.0. The predicted octanol–water partition coefficient (Wildman–Crippen LogP) is 4.43. The van der Waals surface area contributed by atoms with Gasteiger partial charge in [0, 0.05) is 12.1 Å². The Morgan fingerprint density at radius 3 is 2.44 bits per heavy atom. The van der Waals surface area contributed by atoms with Gasteiger partial charge in [0.2, 0.25) is 10.0 Å². The first-order valence-electron chi connectivity index (χ1n) is 11.9. The fourth-order valence-electron chi connectivity index (χ4n) is 3.69. The molecular formula is C25H37N3O4S2. The molecule has 7 nitrogen and oxygen atoms in total. The van der Waals surface area contributed by atoms with Crippen LogP contribution < -0.4 is 10.0 Å². The van der Waals surface area contributed by atoms with Crippen molar-refractivity contribution in [2.45, 2.75) is 89.7 Å². The van der Waals surface area contributed by atoms with Gasteiger partial charge in [-0.3, -0.25) is 4.79 Å². The molecule has 1 aromatic heterocycles. The molecule has 0 aliphatic heterocycles. The highest BCUT2D eigenvalue weighted by atomic mass is 32.2. The fraction of sp³-hybridized carbons (Fsp3) is 0.600. The average molecular weight is 508 g/mol. The molecule has 1 aliphatic rings. The van der Waals surface area contributed by atoms with E-state index < -0.39 is 21.2 Å². The molecule has 0 spiro atoms. The van der Waals surface area contributed by atoms with Crippen LogP contribution in [0.5, 0.6) is 0 Å². The number of benzene rings is 1. The lowest BCUT2D eigenvalue weighted by Crippen LogP contribution is -2.42. The largest absolute Gasteiger partial charge is 0.389 e. The summed E-state index contributed by atoms with van der Waals surface area (Å²) >= 11 is 1.32. The van der Waals surface area contributed by atoms with Crippen LogP contribution in [0.2, 0.25) is 0 Å². The van der Waals surface area contributed by atoms with Gasteiger partial charge in [-0.2, -0.15) is 0 Å². The van der Waals surface area contributed by atoms with E-state index in [9.17, 15) is 18.3 Å². The quantitative estimate of drug-likeness (QED) is 0.441. The molecule has 1 aromatic carbocycles. The molecule has 1 amide bonds. The number of rotatable bonds is 10. The molecule has 0 unspecified atom stereocenters. The number of amides is 1. The Morgan fingerprint density at radius 2 is 1.91 bits per heavy atom. The first-order chi connectivity index (χ1) is 15.7. The van der Waals surface area contributed by atoms with Crippen LogP contribution in [-0.4, -0.2) is 42.1 Å². The van der Waals surface area contributed by atoms with Crippen molar-refractivity contribution in [1.29, 1.82) is 0 Å². The molecule has 1 heterocycles. The lowest BCUT2D eigenvalue weighted by atomic mass is 9.81. The highest BCUT2D eigenvalue weighted by molar-refractivity contribution is 7.89. The third-order valence-electron chi connectivity index (χ3n) is 6.33. The van der Waals surface area contributed by atoms with Crippen molar-refractivity contribution in [2.75, 3.05) is 6.54 Å². The van der Waals surface area contributed by atoms with Gasteiger partial charge in [-0.15, -0.1) is 11.3 Å². The molecule has 3 N–H and O–H groups in total. The summed E-state index contributed by atoms with van der Waals surface area (Å²) in [5.41, 5.74) is 1.04. The van der Waals surface area contributed by atoms with Gasteiger partial charge in [-0.05, 0) is 76.6 Å². The van der Waals surface area contributed by atoms with Crippen molar-refractivity contribution < 1.29 is 18.3 Å². The molecule has 1 fully saturated rings. The maximum absolute atomic E-state index is 12.9. The Labute approximate surface area is 207 Å². The lowest BCUT2D eigenvalue weighted by Gasteiger charge is -2.25. The van der Waals surface area contributed by atoms with Crippen molar-refractivity contribution in [2.24, 2.45) is 5.92 Å². The minimum Gasteiger partial charge on any atom is -0.389 e. The van der Waals surface area contributed by atoms with E-state index in [1.807, 2.05) is 33.8 Å². The zero-order chi connectivity index (χ0) is 25.3. The maximum Gasteiger partial charge on any atom is 0.280 e. The number of sulfonamides is 1. The number of hydrogen-bond donors (Lipinski definition) is 3. The third-order valence-corrected chi connectivity index (χ3v) is 9.15. The highest BCUT2D eigenvalue weighted by Gasteiger charge is 2.27. The van der Waals surface area contributed by atoms with Crippen molar-refractivity contribution in [1.82, 2.24) is 15.0 Å². The molecule has 0 atom stereocenters. The predicted molar refractivity (Wildman–Crippen MR) is 137 cm³/mol. The molecule has 3 rings (SSSR count). The third kappa shape index (κ3) is 6.65. The van der Waals surface area contributed by atoms with Crippen LogP contribution in [0.15, 0.2) is 23.1 Å². The summed E-state index contributed by atoms with van der Waals surface area (Å²) in [6.45, 7) is 11.0. The van der Waals surface area contributed by atoms with Crippen LogP contribution in [-0.2, 0) is 16.4 Å². The van der Waals surface area contributed by atoms with E-state index in [0.29, 0.717) is 17.3 Å². The Kier molecular flexibility index (Phi) is 7.92. The molecule has 9 heteroatoms. The van der Waals surface area contributed by atoms with Crippen LogP contribution in [0.3, 0.4) is 0 Å². The average Bonchev–Trinajstić information content (AvgIpc) is 3.11. The first-order valence-corrected chi connectivity index (χ1v) is 14.2. The van der Waals surface area contributed by atoms with Gasteiger partial charge in [0.15, 0.2) is 5.01 Å². The molecule has 34 heavy (non-hydrogen) atoms. The van der Waals surface area contributed by atoms with Gasteiger partial charge in [-0.25, -0.2) is 18.1 Å². The molecule has 188 valence electrons. The minimum atomic E-state index is -3.66. The number of aliphatic hydroxyl groups is 1. The number of hydrogen-bond acceptors (Lipinski definition) is 6. The van der Waals surface area contributed by atoms with E-state index in [2.05, 4.69) is 15.0 Å². The van der Waals surface area contributed by atoms with E-state index in [-0.39, 0.29) is 17.3 Å². The van der Waals surface area contributed by atoms with Crippen LogP contribution in [0.1, 0.15) is 81.4 Å². The van der Waals surface area contributed by atoms with Crippen LogP contribution >= 0.6 is 11.3 Å². The van der Waals surface area contributed by atoms with E-state index in [1.54, 1.807) is 26.0 Å². The van der Waals surface area contributed by atoms with Crippen LogP contribution in [0.25, 0.3) is 10.4 Å². The van der Waals surface area contributed by atoms with Crippen LogP contribution in [0, 0.1) is 12.8 Å². The van der Waals surface area contributed by atoms with E-state index in [1.165, 1.54) is 17.8 Å². The second-order valence-corrected chi connectivity index (χ2v) is 13.3. The number of aromatic nitrogens is 1. The molecule has 0 saturated heterocycles.